The van der Waals surface area contributed by atoms with Crippen LogP contribution < -0.4 is 10.1 Å². The molecular formula is C24H27N3O3. The molecule has 2 rings (SSSR count). The van der Waals surface area contributed by atoms with Crippen molar-refractivity contribution in [2.45, 2.75) is 20.3 Å². The van der Waals surface area contributed by atoms with E-state index in [1.165, 1.54) is 11.0 Å². The molecule has 0 spiro atoms. The summed E-state index contributed by atoms with van der Waals surface area (Å²) in [4.78, 5) is 25.8. The van der Waals surface area contributed by atoms with E-state index in [4.69, 9.17) is 4.74 Å². The van der Waals surface area contributed by atoms with Gasteiger partial charge in [0, 0.05) is 25.3 Å². The molecule has 2 aromatic carbocycles. The fraction of sp³-hybridized carbons (Fsp3) is 0.292. The maximum absolute atomic E-state index is 12.4. The molecule has 2 aromatic rings. The average Bonchev–Trinajstić information content (AvgIpc) is 2.72. The first-order chi connectivity index (χ1) is 14.3. The van der Waals surface area contributed by atoms with Gasteiger partial charge in [-0.2, -0.15) is 5.26 Å². The summed E-state index contributed by atoms with van der Waals surface area (Å²) in [5.74, 6) is 0.695. The van der Waals surface area contributed by atoms with Crippen LogP contribution in [0.3, 0.4) is 0 Å². The molecule has 0 fully saturated rings. The number of rotatable bonds is 8. The molecule has 0 atom stereocenters. The van der Waals surface area contributed by atoms with E-state index >= 15 is 0 Å². The molecule has 0 saturated heterocycles. The Morgan fingerprint density at radius 2 is 1.73 bits per heavy atom. The van der Waals surface area contributed by atoms with E-state index in [1.807, 2.05) is 18.2 Å². The van der Waals surface area contributed by atoms with Crippen LogP contribution in [0.2, 0.25) is 0 Å². The summed E-state index contributed by atoms with van der Waals surface area (Å²) in [7, 11) is 3.35. The first kappa shape index (κ1) is 22.7. The van der Waals surface area contributed by atoms with E-state index in [2.05, 4.69) is 19.2 Å². The molecule has 2 amide bonds. The van der Waals surface area contributed by atoms with Gasteiger partial charge in [0.1, 0.15) is 17.4 Å². The Kier molecular flexibility index (Phi) is 8.18. The zero-order chi connectivity index (χ0) is 22.1. The number of hydrogen-bond acceptors (Lipinski definition) is 4. The molecule has 6 heteroatoms. The Morgan fingerprint density at radius 1 is 1.10 bits per heavy atom. The molecule has 0 aliphatic heterocycles. The minimum Gasteiger partial charge on any atom is -0.494 e. The predicted octanol–water partition coefficient (Wildman–Crippen LogP) is 4.36. The third kappa shape index (κ3) is 6.78. The molecule has 30 heavy (non-hydrogen) atoms. The highest BCUT2D eigenvalue weighted by Crippen LogP contribution is 2.17. The van der Waals surface area contributed by atoms with Crippen LogP contribution in [-0.4, -0.2) is 37.4 Å². The van der Waals surface area contributed by atoms with Gasteiger partial charge in [-0.05, 0) is 60.4 Å². The molecule has 0 radical (unpaired) electrons. The second kappa shape index (κ2) is 10.8. The Morgan fingerprint density at radius 3 is 2.27 bits per heavy atom. The van der Waals surface area contributed by atoms with Gasteiger partial charge in [0.15, 0.2) is 0 Å². The highest BCUT2D eigenvalue weighted by molar-refractivity contribution is 6.09. The van der Waals surface area contributed by atoms with Crippen molar-refractivity contribution in [3.05, 3.63) is 65.2 Å². The number of nitrogens with zero attached hydrogens (tertiary/aromatic N) is 2. The lowest BCUT2D eigenvalue weighted by Gasteiger charge is -2.11. The van der Waals surface area contributed by atoms with E-state index in [1.54, 1.807) is 50.5 Å². The van der Waals surface area contributed by atoms with E-state index < -0.39 is 5.91 Å². The van der Waals surface area contributed by atoms with Crippen LogP contribution in [0.25, 0.3) is 6.08 Å². The fourth-order valence-electron chi connectivity index (χ4n) is 2.54. The van der Waals surface area contributed by atoms with Crippen LogP contribution in [0.1, 0.15) is 36.2 Å². The van der Waals surface area contributed by atoms with Gasteiger partial charge in [0.25, 0.3) is 11.8 Å². The number of carbonyl (C=O) groups excluding carboxylic acids is 2. The molecule has 0 aliphatic carbocycles. The van der Waals surface area contributed by atoms with Crippen molar-refractivity contribution in [2.75, 3.05) is 26.0 Å². The van der Waals surface area contributed by atoms with Gasteiger partial charge in [-0.3, -0.25) is 9.59 Å². The first-order valence-corrected chi connectivity index (χ1v) is 9.78. The van der Waals surface area contributed by atoms with Crippen molar-refractivity contribution in [3.8, 4) is 11.8 Å². The third-order valence-electron chi connectivity index (χ3n) is 4.32. The average molecular weight is 405 g/mol. The Hall–Kier alpha value is -3.59. The SMILES string of the molecule is CC(C)CCOc1ccc(/C=C(\C#N)C(=O)Nc2ccc(C(=O)N(C)C)cc2)cc1. The van der Waals surface area contributed by atoms with Crippen LogP contribution in [-0.2, 0) is 4.79 Å². The number of ether oxygens (including phenoxy) is 1. The first-order valence-electron chi connectivity index (χ1n) is 9.78. The molecule has 0 saturated carbocycles. The molecule has 0 aromatic heterocycles. The van der Waals surface area contributed by atoms with Crippen LogP contribution in [0, 0.1) is 17.2 Å². The number of nitriles is 1. The number of nitrogens with one attached hydrogen (secondary N) is 1. The quantitative estimate of drug-likeness (QED) is 0.523. The smallest absolute Gasteiger partial charge is 0.266 e. The zero-order valence-electron chi connectivity index (χ0n) is 17.8. The summed E-state index contributed by atoms with van der Waals surface area (Å²) in [5, 5.41) is 12.1. The lowest BCUT2D eigenvalue weighted by molar-refractivity contribution is -0.112. The summed E-state index contributed by atoms with van der Waals surface area (Å²) in [6.07, 6.45) is 2.50. The van der Waals surface area contributed by atoms with Crippen molar-refractivity contribution in [1.29, 1.82) is 5.26 Å². The lowest BCUT2D eigenvalue weighted by Crippen LogP contribution is -2.21. The van der Waals surface area contributed by atoms with Crippen LogP contribution in [0.4, 0.5) is 5.69 Å². The Labute approximate surface area is 177 Å². The normalized spacial score (nSPS) is 11.0. The van der Waals surface area contributed by atoms with E-state index in [9.17, 15) is 14.9 Å². The molecule has 156 valence electrons. The zero-order valence-corrected chi connectivity index (χ0v) is 17.8. The summed E-state index contributed by atoms with van der Waals surface area (Å²) in [6, 6.07) is 15.7. The standard InChI is InChI=1S/C24H27N3O3/c1-17(2)13-14-30-22-11-5-18(6-12-22)15-20(16-25)23(28)26-21-9-7-19(8-10-21)24(29)27(3)4/h5-12,15,17H,13-14H2,1-4H3,(H,26,28)/b20-15+. The number of anilines is 1. The van der Waals surface area contributed by atoms with Gasteiger partial charge in [-0.1, -0.05) is 26.0 Å². The Balaban J connectivity index is 2.02. The van der Waals surface area contributed by atoms with E-state index in [0.717, 1.165) is 17.7 Å². The number of carbonyl (C=O) groups is 2. The van der Waals surface area contributed by atoms with Crippen LogP contribution in [0.5, 0.6) is 5.75 Å². The van der Waals surface area contributed by atoms with E-state index in [0.29, 0.717) is 23.8 Å². The maximum Gasteiger partial charge on any atom is 0.266 e. The van der Waals surface area contributed by atoms with Crippen molar-refractivity contribution in [3.63, 3.8) is 0 Å². The monoisotopic (exact) mass is 405 g/mol. The highest BCUT2D eigenvalue weighted by Gasteiger charge is 2.11. The van der Waals surface area contributed by atoms with E-state index in [-0.39, 0.29) is 11.5 Å². The lowest BCUT2D eigenvalue weighted by atomic mass is 10.1. The van der Waals surface area contributed by atoms with Crippen molar-refractivity contribution < 1.29 is 14.3 Å². The number of amides is 2. The molecule has 6 nitrogen and oxygen atoms in total. The Bertz CT molecular complexity index is 937. The predicted molar refractivity (Wildman–Crippen MR) is 118 cm³/mol. The summed E-state index contributed by atoms with van der Waals surface area (Å²) in [6.45, 7) is 4.93. The van der Waals surface area contributed by atoms with Gasteiger partial charge in [-0.25, -0.2) is 0 Å². The second-order valence-electron chi connectivity index (χ2n) is 7.50. The molecule has 0 bridgehead atoms. The topological polar surface area (TPSA) is 82.4 Å². The van der Waals surface area contributed by atoms with Gasteiger partial charge >= 0.3 is 0 Å². The molecular weight excluding hydrogens is 378 g/mol. The van der Waals surface area contributed by atoms with Crippen molar-refractivity contribution in [1.82, 2.24) is 4.90 Å². The van der Waals surface area contributed by atoms with Crippen LogP contribution >= 0.6 is 0 Å². The van der Waals surface area contributed by atoms with Crippen molar-refractivity contribution >= 4 is 23.6 Å². The fourth-order valence-corrected chi connectivity index (χ4v) is 2.54. The minimum absolute atomic E-state index is 0.0167. The van der Waals surface area contributed by atoms with Gasteiger partial charge in [0.2, 0.25) is 0 Å². The largest absolute Gasteiger partial charge is 0.494 e. The van der Waals surface area contributed by atoms with Gasteiger partial charge in [0.05, 0.1) is 6.61 Å². The third-order valence-corrected chi connectivity index (χ3v) is 4.32. The number of hydrogen-bond donors (Lipinski definition) is 1. The van der Waals surface area contributed by atoms with Crippen LogP contribution in [0.15, 0.2) is 54.1 Å². The molecule has 1 N–H and O–H groups in total. The minimum atomic E-state index is -0.513. The highest BCUT2D eigenvalue weighted by atomic mass is 16.5. The van der Waals surface area contributed by atoms with Crippen molar-refractivity contribution in [2.24, 2.45) is 5.92 Å². The molecule has 0 aliphatic rings. The summed E-state index contributed by atoms with van der Waals surface area (Å²) >= 11 is 0. The van der Waals surface area contributed by atoms with Gasteiger partial charge < -0.3 is 15.0 Å². The number of benzene rings is 2. The molecule has 0 heterocycles. The summed E-state index contributed by atoms with van der Waals surface area (Å²) < 4.78 is 5.68. The second-order valence-corrected chi connectivity index (χ2v) is 7.50. The van der Waals surface area contributed by atoms with Gasteiger partial charge in [-0.15, -0.1) is 0 Å². The maximum atomic E-state index is 12.4. The molecule has 0 unspecified atom stereocenters. The summed E-state index contributed by atoms with van der Waals surface area (Å²) in [5.41, 5.74) is 1.73.